The van der Waals surface area contributed by atoms with Gasteiger partial charge in [-0.3, -0.25) is 9.59 Å². The van der Waals surface area contributed by atoms with Gasteiger partial charge in [0.25, 0.3) is 11.8 Å². The van der Waals surface area contributed by atoms with Crippen LogP contribution in [0.5, 0.6) is 23.0 Å². The second-order valence-corrected chi connectivity index (χ2v) is 7.44. The van der Waals surface area contributed by atoms with Gasteiger partial charge in [-0.25, -0.2) is 0 Å². The Morgan fingerprint density at radius 3 is 1.71 bits per heavy atom. The second kappa shape index (κ2) is 10.9. The van der Waals surface area contributed by atoms with Gasteiger partial charge in [0.15, 0.2) is 0 Å². The Hall–Kier alpha value is -4.78. The van der Waals surface area contributed by atoms with E-state index in [1.165, 1.54) is 14.2 Å². The lowest BCUT2D eigenvalue weighted by atomic mass is 10.1. The summed E-state index contributed by atoms with van der Waals surface area (Å²) in [6.45, 7) is 0. The lowest BCUT2D eigenvalue weighted by molar-refractivity contribution is 0.101. The minimum absolute atomic E-state index is 0.297. The maximum absolute atomic E-state index is 13.2. The molecule has 0 fully saturated rings. The van der Waals surface area contributed by atoms with Crippen molar-refractivity contribution in [2.45, 2.75) is 0 Å². The molecule has 2 N–H and O–H groups in total. The smallest absolute Gasteiger partial charge is 0.259 e. The zero-order valence-corrected chi connectivity index (χ0v) is 19.3. The Morgan fingerprint density at radius 2 is 1.11 bits per heavy atom. The molecule has 0 aliphatic heterocycles. The van der Waals surface area contributed by atoms with E-state index < -0.39 is 5.91 Å². The maximum atomic E-state index is 13.2. The molecule has 0 unspecified atom stereocenters. The summed E-state index contributed by atoms with van der Waals surface area (Å²) in [5, 5.41) is 5.68. The predicted molar refractivity (Wildman–Crippen MR) is 135 cm³/mol. The van der Waals surface area contributed by atoms with Crippen LogP contribution in [-0.4, -0.2) is 26.0 Å². The molecule has 176 valence electrons. The predicted octanol–water partition coefficient (Wildman–Crippen LogP) is 6.00. The quantitative estimate of drug-likeness (QED) is 0.331. The molecule has 0 saturated heterocycles. The third-order valence-electron chi connectivity index (χ3n) is 5.16. The third-order valence-corrected chi connectivity index (χ3v) is 5.16. The van der Waals surface area contributed by atoms with Gasteiger partial charge in [-0.1, -0.05) is 48.5 Å². The summed E-state index contributed by atoms with van der Waals surface area (Å²) < 4.78 is 16.9. The minimum atomic E-state index is -0.391. The number of carbonyl (C=O) groups excluding carboxylic acids is 2. The van der Waals surface area contributed by atoms with Gasteiger partial charge in [-0.15, -0.1) is 0 Å². The molecule has 4 rings (SSSR count). The van der Waals surface area contributed by atoms with Crippen LogP contribution in [0.25, 0.3) is 0 Å². The number of hydrogen-bond donors (Lipinski definition) is 2. The number of rotatable bonds is 8. The SMILES string of the molecule is COc1cc(NC(=O)c2ccccc2Oc2ccccc2)c(OC)cc1NC(=O)c1ccccc1. The first-order valence-electron chi connectivity index (χ1n) is 10.8. The highest BCUT2D eigenvalue weighted by Gasteiger charge is 2.19. The first kappa shape index (κ1) is 23.4. The van der Waals surface area contributed by atoms with E-state index in [1.54, 1.807) is 60.7 Å². The highest BCUT2D eigenvalue weighted by atomic mass is 16.5. The Balaban J connectivity index is 1.59. The highest BCUT2D eigenvalue weighted by molar-refractivity contribution is 6.08. The molecule has 4 aromatic carbocycles. The van der Waals surface area contributed by atoms with E-state index in [2.05, 4.69) is 10.6 Å². The van der Waals surface area contributed by atoms with Crippen molar-refractivity contribution >= 4 is 23.2 Å². The molecule has 35 heavy (non-hydrogen) atoms. The molecule has 0 bridgehead atoms. The summed E-state index contributed by atoms with van der Waals surface area (Å²) in [6, 6.07) is 28.2. The lowest BCUT2D eigenvalue weighted by Crippen LogP contribution is -2.15. The van der Waals surface area contributed by atoms with Crippen LogP contribution in [0.2, 0.25) is 0 Å². The van der Waals surface area contributed by atoms with Crippen LogP contribution in [0.1, 0.15) is 20.7 Å². The topological polar surface area (TPSA) is 85.9 Å². The standard InChI is InChI=1S/C28H24N2O5/c1-33-25-18-23(26(34-2)17-22(25)29-27(31)19-11-5-3-6-12-19)30-28(32)21-15-9-10-16-24(21)35-20-13-7-4-8-14-20/h3-18H,1-2H3,(H,29,31)(H,30,32). The zero-order valence-electron chi connectivity index (χ0n) is 19.3. The average molecular weight is 469 g/mol. The van der Waals surface area contributed by atoms with Crippen LogP contribution < -0.4 is 24.8 Å². The minimum Gasteiger partial charge on any atom is -0.494 e. The first-order valence-corrected chi connectivity index (χ1v) is 10.8. The van der Waals surface area contributed by atoms with Crippen LogP contribution in [0, 0.1) is 0 Å². The maximum Gasteiger partial charge on any atom is 0.259 e. The van der Waals surface area contributed by atoms with Gasteiger partial charge in [0, 0.05) is 17.7 Å². The molecule has 7 nitrogen and oxygen atoms in total. The number of amides is 2. The fraction of sp³-hybridized carbons (Fsp3) is 0.0714. The van der Waals surface area contributed by atoms with E-state index in [0.29, 0.717) is 45.5 Å². The molecule has 0 saturated carbocycles. The van der Waals surface area contributed by atoms with Gasteiger partial charge in [-0.2, -0.15) is 0 Å². The summed E-state index contributed by atoms with van der Waals surface area (Å²) in [4.78, 5) is 25.8. The summed E-state index contributed by atoms with van der Waals surface area (Å²) >= 11 is 0. The van der Waals surface area contributed by atoms with Gasteiger partial charge in [0.1, 0.15) is 23.0 Å². The number of para-hydroxylation sites is 2. The van der Waals surface area contributed by atoms with E-state index >= 15 is 0 Å². The fourth-order valence-corrected chi connectivity index (χ4v) is 3.43. The fourth-order valence-electron chi connectivity index (χ4n) is 3.43. The van der Waals surface area contributed by atoms with Crippen molar-refractivity contribution in [3.63, 3.8) is 0 Å². The Labute approximate surface area is 203 Å². The molecule has 0 aliphatic carbocycles. The number of ether oxygens (including phenoxy) is 3. The molecule has 0 aromatic heterocycles. The Bertz CT molecular complexity index is 1320. The Morgan fingerprint density at radius 1 is 0.600 bits per heavy atom. The van der Waals surface area contributed by atoms with Crippen molar-refractivity contribution in [2.24, 2.45) is 0 Å². The zero-order chi connectivity index (χ0) is 24.6. The molecule has 0 radical (unpaired) electrons. The van der Waals surface area contributed by atoms with Crippen LogP contribution >= 0.6 is 0 Å². The molecule has 0 heterocycles. The van der Waals surface area contributed by atoms with Crippen molar-refractivity contribution in [3.8, 4) is 23.0 Å². The summed E-state index contributed by atoms with van der Waals surface area (Å²) in [7, 11) is 2.96. The first-order chi connectivity index (χ1) is 17.1. The van der Waals surface area contributed by atoms with E-state index in [4.69, 9.17) is 14.2 Å². The van der Waals surface area contributed by atoms with Crippen LogP contribution in [0.15, 0.2) is 97.1 Å². The number of nitrogens with one attached hydrogen (secondary N) is 2. The van der Waals surface area contributed by atoms with E-state index in [1.807, 2.05) is 36.4 Å². The molecule has 4 aromatic rings. The molecule has 0 spiro atoms. The molecule has 0 atom stereocenters. The number of anilines is 2. The lowest BCUT2D eigenvalue weighted by Gasteiger charge is -2.17. The largest absolute Gasteiger partial charge is 0.494 e. The number of benzene rings is 4. The summed E-state index contributed by atoms with van der Waals surface area (Å²) in [5.41, 5.74) is 1.63. The van der Waals surface area contributed by atoms with Gasteiger partial charge in [-0.05, 0) is 36.4 Å². The molecular weight excluding hydrogens is 444 g/mol. The van der Waals surface area contributed by atoms with Crippen molar-refractivity contribution in [1.82, 2.24) is 0 Å². The molecular formula is C28H24N2O5. The second-order valence-electron chi connectivity index (χ2n) is 7.44. The Kier molecular flexibility index (Phi) is 7.28. The van der Waals surface area contributed by atoms with Crippen molar-refractivity contribution in [3.05, 3.63) is 108 Å². The molecule has 2 amide bonds. The van der Waals surface area contributed by atoms with Crippen molar-refractivity contribution < 1.29 is 23.8 Å². The number of hydrogen-bond acceptors (Lipinski definition) is 5. The van der Waals surface area contributed by atoms with Gasteiger partial charge >= 0.3 is 0 Å². The van der Waals surface area contributed by atoms with Gasteiger partial charge in [0.2, 0.25) is 0 Å². The van der Waals surface area contributed by atoms with E-state index in [0.717, 1.165) is 0 Å². The van der Waals surface area contributed by atoms with Crippen LogP contribution in [0.4, 0.5) is 11.4 Å². The molecule has 7 heteroatoms. The monoisotopic (exact) mass is 468 g/mol. The van der Waals surface area contributed by atoms with Crippen molar-refractivity contribution in [1.29, 1.82) is 0 Å². The third kappa shape index (κ3) is 5.59. The van der Waals surface area contributed by atoms with Gasteiger partial charge < -0.3 is 24.8 Å². The van der Waals surface area contributed by atoms with Crippen molar-refractivity contribution in [2.75, 3.05) is 24.9 Å². The number of methoxy groups -OCH3 is 2. The number of carbonyl (C=O) groups is 2. The normalized spacial score (nSPS) is 10.2. The molecule has 0 aliphatic rings. The van der Waals surface area contributed by atoms with Gasteiger partial charge in [0.05, 0.1) is 31.2 Å². The van der Waals surface area contributed by atoms with Crippen LogP contribution in [-0.2, 0) is 0 Å². The highest BCUT2D eigenvalue weighted by Crippen LogP contribution is 2.37. The average Bonchev–Trinajstić information content (AvgIpc) is 2.90. The summed E-state index contributed by atoms with van der Waals surface area (Å²) in [5.74, 6) is 1.05. The van der Waals surface area contributed by atoms with E-state index in [-0.39, 0.29) is 5.91 Å². The van der Waals surface area contributed by atoms with Crippen LogP contribution in [0.3, 0.4) is 0 Å². The van der Waals surface area contributed by atoms with E-state index in [9.17, 15) is 9.59 Å². The summed E-state index contributed by atoms with van der Waals surface area (Å²) in [6.07, 6.45) is 0.